The Morgan fingerprint density at radius 3 is 2.94 bits per heavy atom. The zero-order valence-electron chi connectivity index (χ0n) is 18.3. The highest BCUT2D eigenvalue weighted by molar-refractivity contribution is 7.99. The van der Waals surface area contributed by atoms with Crippen molar-refractivity contribution in [1.82, 2.24) is 29.4 Å². The Labute approximate surface area is 198 Å². The molecule has 0 amide bonds. The van der Waals surface area contributed by atoms with Crippen LogP contribution in [0.15, 0.2) is 59.1 Å². The smallest absolute Gasteiger partial charge is 0.200 e. The van der Waals surface area contributed by atoms with E-state index in [-0.39, 0.29) is 5.65 Å². The molecular weight excluding hydrogens is 453 g/mol. The van der Waals surface area contributed by atoms with E-state index in [2.05, 4.69) is 31.2 Å². The third-order valence-electron chi connectivity index (χ3n) is 6.55. The lowest BCUT2D eigenvalue weighted by Crippen LogP contribution is -2.38. The van der Waals surface area contributed by atoms with Crippen LogP contribution in [0.25, 0.3) is 27.7 Å². The van der Waals surface area contributed by atoms with E-state index in [1.54, 1.807) is 15.3 Å². The number of aryl methyl sites for hydroxylation is 1. The van der Waals surface area contributed by atoms with Crippen molar-refractivity contribution < 1.29 is 9.13 Å². The molecule has 0 radical (unpaired) electrons. The quantitative estimate of drug-likeness (QED) is 0.386. The standard InChI is InChI=1S/C24H20FN7OS/c1-30-11-15(9-27-30)14-7-19(25)23-28-29-24(32(23)12-14)34-17-4-5-20-18(8-17)22-21(10-26-20)31-6-2-3-16(31)13-33-22/h4-5,7-12,16H,2-3,6,13H2,1H3. The molecule has 0 saturated carbocycles. The maximum Gasteiger partial charge on any atom is 0.200 e. The Bertz CT molecular complexity index is 1580. The average molecular weight is 474 g/mol. The molecule has 0 bridgehead atoms. The molecule has 1 saturated heterocycles. The lowest BCUT2D eigenvalue weighted by Gasteiger charge is -2.33. The SMILES string of the molecule is Cn1cc(-c2cc(F)c3nnc(Sc4ccc5ncc6c(c5c4)OCC4CCCN64)n3c2)cn1. The highest BCUT2D eigenvalue weighted by atomic mass is 32.2. The second-order valence-corrected chi connectivity index (χ2v) is 9.75. The number of pyridine rings is 2. The minimum Gasteiger partial charge on any atom is -0.488 e. The highest BCUT2D eigenvalue weighted by Gasteiger charge is 2.32. The summed E-state index contributed by atoms with van der Waals surface area (Å²) >= 11 is 1.43. The van der Waals surface area contributed by atoms with Gasteiger partial charge in [-0.15, -0.1) is 10.2 Å². The summed E-state index contributed by atoms with van der Waals surface area (Å²) in [4.78, 5) is 8.05. The van der Waals surface area contributed by atoms with Crippen LogP contribution in [0.4, 0.5) is 10.1 Å². The Kier molecular flexibility index (Phi) is 4.32. The van der Waals surface area contributed by atoms with Crippen LogP contribution < -0.4 is 9.64 Å². The normalized spacial score (nSPS) is 17.2. The van der Waals surface area contributed by atoms with Crippen LogP contribution >= 0.6 is 11.8 Å². The maximum absolute atomic E-state index is 14.8. The van der Waals surface area contributed by atoms with Crippen molar-refractivity contribution in [1.29, 1.82) is 0 Å². The Morgan fingerprint density at radius 1 is 1.12 bits per heavy atom. The first kappa shape index (κ1) is 19.8. The summed E-state index contributed by atoms with van der Waals surface area (Å²) in [6.45, 7) is 1.74. The van der Waals surface area contributed by atoms with Crippen molar-refractivity contribution in [3.05, 3.63) is 54.9 Å². The van der Waals surface area contributed by atoms with Gasteiger partial charge in [-0.1, -0.05) is 0 Å². The Hall–Kier alpha value is -3.66. The van der Waals surface area contributed by atoms with Crippen LogP contribution in [0.2, 0.25) is 0 Å². The molecule has 0 N–H and O–H groups in total. The molecule has 1 atom stereocenters. The van der Waals surface area contributed by atoms with E-state index in [0.29, 0.717) is 23.4 Å². The first-order valence-electron chi connectivity index (χ1n) is 11.2. The third-order valence-corrected chi connectivity index (χ3v) is 7.50. The number of benzene rings is 1. The number of anilines is 1. The molecule has 7 rings (SSSR count). The van der Waals surface area contributed by atoms with Gasteiger partial charge in [-0.2, -0.15) is 5.10 Å². The molecule has 1 aromatic carbocycles. The molecule has 0 spiro atoms. The molecule has 4 aromatic heterocycles. The summed E-state index contributed by atoms with van der Waals surface area (Å²) in [7, 11) is 1.83. The molecule has 6 heterocycles. The molecule has 2 aliphatic heterocycles. The fourth-order valence-corrected chi connectivity index (χ4v) is 5.74. The van der Waals surface area contributed by atoms with Gasteiger partial charge in [0.05, 0.1) is 29.6 Å². The fraction of sp³-hybridized carbons (Fsp3) is 0.250. The molecule has 0 aliphatic carbocycles. The van der Waals surface area contributed by atoms with E-state index in [1.807, 2.05) is 37.8 Å². The third kappa shape index (κ3) is 3.05. The monoisotopic (exact) mass is 473 g/mol. The van der Waals surface area contributed by atoms with Crippen LogP contribution in [-0.4, -0.2) is 48.6 Å². The van der Waals surface area contributed by atoms with Crippen molar-refractivity contribution in [2.75, 3.05) is 18.1 Å². The van der Waals surface area contributed by atoms with Crippen molar-refractivity contribution in [3.8, 4) is 16.9 Å². The highest BCUT2D eigenvalue weighted by Crippen LogP contribution is 2.43. The minimum atomic E-state index is -0.425. The van der Waals surface area contributed by atoms with Crippen LogP contribution in [0, 0.1) is 5.82 Å². The number of hydrogen-bond donors (Lipinski definition) is 0. The number of aromatic nitrogens is 6. The van der Waals surface area contributed by atoms with E-state index in [4.69, 9.17) is 4.74 Å². The van der Waals surface area contributed by atoms with Gasteiger partial charge in [0.25, 0.3) is 0 Å². The molecule has 1 fully saturated rings. The van der Waals surface area contributed by atoms with Crippen molar-refractivity contribution in [2.45, 2.75) is 28.9 Å². The van der Waals surface area contributed by atoms with Crippen molar-refractivity contribution in [2.24, 2.45) is 7.05 Å². The summed E-state index contributed by atoms with van der Waals surface area (Å²) in [6.07, 6.45) is 9.67. The Morgan fingerprint density at radius 2 is 2.06 bits per heavy atom. The number of nitrogens with zero attached hydrogens (tertiary/aromatic N) is 7. The first-order valence-corrected chi connectivity index (χ1v) is 12.0. The first-order chi connectivity index (χ1) is 16.6. The second kappa shape index (κ2) is 7.42. The summed E-state index contributed by atoms with van der Waals surface area (Å²) in [6, 6.07) is 7.96. The van der Waals surface area contributed by atoms with Gasteiger partial charge < -0.3 is 9.64 Å². The molecule has 10 heteroatoms. The maximum atomic E-state index is 14.8. The minimum absolute atomic E-state index is 0.193. The number of ether oxygens (including phenoxy) is 1. The molecule has 34 heavy (non-hydrogen) atoms. The zero-order chi connectivity index (χ0) is 22.8. The van der Waals surface area contributed by atoms with E-state index in [0.717, 1.165) is 45.8 Å². The lowest BCUT2D eigenvalue weighted by molar-refractivity contribution is 0.275. The van der Waals surface area contributed by atoms with Gasteiger partial charge in [-0.05, 0) is 48.9 Å². The van der Waals surface area contributed by atoms with E-state index < -0.39 is 5.82 Å². The number of rotatable bonds is 3. The van der Waals surface area contributed by atoms with E-state index in [1.165, 1.54) is 24.2 Å². The zero-order valence-corrected chi connectivity index (χ0v) is 19.2. The van der Waals surface area contributed by atoms with Gasteiger partial charge >= 0.3 is 0 Å². The average Bonchev–Trinajstić information content (AvgIpc) is 3.59. The summed E-state index contributed by atoms with van der Waals surface area (Å²) < 4.78 is 24.4. The number of hydrogen-bond acceptors (Lipinski definition) is 7. The molecule has 2 aliphatic rings. The van der Waals surface area contributed by atoms with Crippen LogP contribution in [0.1, 0.15) is 12.8 Å². The fourth-order valence-electron chi connectivity index (χ4n) is 4.90. The summed E-state index contributed by atoms with van der Waals surface area (Å²) in [5.41, 5.74) is 3.69. The van der Waals surface area contributed by atoms with Crippen molar-refractivity contribution in [3.63, 3.8) is 0 Å². The van der Waals surface area contributed by atoms with Crippen LogP contribution in [-0.2, 0) is 7.05 Å². The molecule has 5 aromatic rings. The van der Waals surface area contributed by atoms with Gasteiger partial charge in [0.15, 0.2) is 17.2 Å². The van der Waals surface area contributed by atoms with E-state index >= 15 is 0 Å². The largest absolute Gasteiger partial charge is 0.488 e. The van der Waals surface area contributed by atoms with Gasteiger partial charge in [0.1, 0.15) is 6.61 Å². The predicted octanol–water partition coefficient (Wildman–Crippen LogP) is 4.33. The predicted molar refractivity (Wildman–Crippen MR) is 127 cm³/mol. The molecular formula is C24H20FN7OS. The van der Waals surface area contributed by atoms with Crippen molar-refractivity contribution >= 4 is 34.0 Å². The van der Waals surface area contributed by atoms with Gasteiger partial charge in [-0.25, -0.2) is 4.39 Å². The van der Waals surface area contributed by atoms with Gasteiger partial charge in [-0.3, -0.25) is 14.1 Å². The number of fused-ring (bicyclic) bond motifs is 6. The molecule has 170 valence electrons. The molecule has 1 unspecified atom stereocenters. The van der Waals surface area contributed by atoms with Crippen LogP contribution in [0.3, 0.4) is 0 Å². The van der Waals surface area contributed by atoms with E-state index in [9.17, 15) is 4.39 Å². The summed E-state index contributed by atoms with van der Waals surface area (Å²) in [5, 5.41) is 14.1. The van der Waals surface area contributed by atoms with Gasteiger partial charge in [0, 0.05) is 47.4 Å². The summed E-state index contributed by atoms with van der Waals surface area (Å²) in [5.74, 6) is 0.465. The van der Waals surface area contributed by atoms with Crippen LogP contribution in [0.5, 0.6) is 5.75 Å². The Balaban J connectivity index is 1.29. The molecule has 8 nitrogen and oxygen atoms in total. The lowest BCUT2D eigenvalue weighted by atomic mass is 10.1. The van der Waals surface area contributed by atoms with Gasteiger partial charge in [0.2, 0.25) is 5.16 Å². The topological polar surface area (TPSA) is 73.4 Å². The number of halogens is 1. The second-order valence-electron chi connectivity index (χ2n) is 8.71.